The number of benzene rings is 3. The van der Waals surface area contributed by atoms with E-state index in [1.54, 1.807) is 60.7 Å². The van der Waals surface area contributed by atoms with Gasteiger partial charge in [-0.15, -0.1) is 0 Å². The summed E-state index contributed by atoms with van der Waals surface area (Å²) in [6, 6.07) is 22.7. The molecule has 0 aromatic heterocycles. The lowest BCUT2D eigenvalue weighted by Crippen LogP contribution is -2.14. The predicted molar refractivity (Wildman–Crippen MR) is 103 cm³/mol. The normalized spacial score (nSPS) is 10.5. The van der Waals surface area contributed by atoms with Crippen molar-refractivity contribution < 1.29 is 19.1 Å². The van der Waals surface area contributed by atoms with Crippen molar-refractivity contribution in [1.82, 2.24) is 0 Å². The third kappa shape index (κ3) is 4.42. The number of carbonyl (C=O) groups excluding carboxylic acids is 2. The van der Waals surface area contributed by atoms with E-state index in [4.69, 9.17) is 9.47 Å². The van der Waals surface area contributed by atoms with Crippen molar-refractivity contribution in [3.05, 3.63) is 95.6 Å². The molecule has 0 aliphatic rings. The van der Waals surface area contributed by atoms with Gasteiger partial charge in [0.05, 0.1) is 11.1 Å². The Hall–Kier alpha value is -3.40. The van der Waals surface area contributed by atoms with Crippen LogP contribution in [0.5, 0.6) is 11.5 Å². The Kier molecular flexibility index (Phi) is 5.67. The van der Waals surface area contributed by atoms with Gasteiger partial charge in [0.15, 0.2) is 11.5 Å². The number of hydrogen-bond acceptors (Lipinski definition) is 4. The summed E-state index contributed by atoms with van der Waals surface area (Å²) < 4.78 is 11.2. The largest absolute Gasteiger partial charge is 0.419 e. The molecule has 0 aliphatic heterocycles. The minimum absolute atomic E-state index is 0.0824. The minimum atomic E-state index is -0.506. The topological polar surface area (TPSA) is 52.6 Å². The van der Waals surface area contributed by atoms with Crippen molar-refractivity contribution in [2.75, 3.05) is 0 Å². The molecule has 0 saturated heterocycles. The van der Waals surface area contributed by atoms with Gasteiger partial charge in [0.25, 0.3) is 0 Å². The molecule has 0 fully saturated rings. The van der Waals surface area contributed by atoms with E-state index in [0.717, 1.165) is 5.56 Å². The lowest BCUT2D eigenvalue weighted by Gasteiger charge is -2.16. The van der Waals surface area contributed by atoms with E-state index < -0.39 is 11.9 Å². The molecule has 0 saturated carbocycles. The van der Waals surface area contributed by atoms with Crippen molar-refractivity contribution in [3.63, 3.8) is 0 Å². The average molecular weight is 360 g/mol. The Morgan fingerprint density at radius 3 is 1.70 bits per heavy atom. The summed E-state index contributed by atoms with van der Waals surface area (Å²) in [5, 5.41) is 0. The summed E-state index contributed by atoms with van der Waals surface area (Å²) in [6.07, 6.45) is 0. The molecule has 0 radical (unpaired) electrons. The first kappa shape index (κ1) is 18.4. The Balaban J connectivity index is 1.93. The highest BCUT2D eigenvalue weighted by atomic mass is 16.6. The Morgan fingerprint density at radius 1 is 0.667 bits per heavy atom. The van der Waals surface area contributed by atoms with Crippen LogP contribution in [0.25, 0.3) is 0 Å². The Labute approximate surface area is 158 Å². The van der Waals surface area contributed by atoms with E-state index in [2.05, 4.69) is 0 Å². The van der Waals surface area contributed by atoms with E-state index in [1.165, 1.54) is 0 Å². The molecule has 3 aromatic carbocycles. The SMILES string of the molecule is CC(C)c1cccc(OC(=O)c2ccccc2)c1OC(=O)c1ccccc1. The molecular formula is C23H20O4. The second-order valence-corrected chi connectivity index (χ2v) is 6.34. The van der Waals surface area contributed by atoms with E-state index in [-0.39, 0.29) is 17.4 Å². The zero-order chi connectivity index (χ0) is 19.2. The van der Waals surface area contributed by atoms with E-state index in [1.807, 2.05) is 32.0 Å². The van der Waals surface area contributed by atoms with Gasteiger partial charge in [-0.2, -0.15) is 0 Å². The number of para-hydroxylation sites is 1. The van der Waals surface area contributed by atoms with Crippen molar-refractivity contribution >= 4 is 11.9 Å². The lowest BCUT2D eigenvalue weighted by atomic mass is 10.0. The van der Waals surface area contributed by atoms with E-state index in [9.17, 15) is 9.59 Å². The van der Waals surface area contributed by atoms with Crippen LogP contribution in [0, 0.1) is 0 Å². The Bertz CT molecular complexity index is 931. The second-order valence-electron chi connectivity index (χ2n) is 6.34. The van der Waals surface area contributed by atoms with Crippen LogP contribution in [-0.4, -0.2) is 11.9 Å². The Morgan fingerprint density at radius 2 is 1.19 bits per heavy atom. The van der Waals surface area contributed by atoms with Gasteiger partial charge < -0.3 is 9.47 Å². The van der Waals surface area contributed by atoms with Crippen molar-refractivity contribution in [2.45, 2.75) is 19.8 Å². The first-order chi connectivity index (χ1) is 13.1. The molecule has 0 aliphatic carbocycles. The zero-order valence-electron chi connectivity index (χ0n) is 15.2. The molecule has 0 amide bonds. The number of esters is 2. The van der Waals surface area contributed by atoms with Gasteiger partial charge in [0.1, 0.15) is 0 Å². The van der Waals surface area contributed by atoms with Gasteiger partial charge in [0, 0.05) is 5.56 Å². The fourth-order valence-corrected chi connectivity index (χ4v) is 2.64. The van der Waals surface area contributed by atoms with Crippen LogP contribution in [0.15, 0.2) is 78.9 Å². The molecule has 0 spiro atoms. The van der Waals surface area contributed by atoms with Crippen molar-refractivity contribution in [3.8, 4) is 11.5 Å². The third-order valence-electron chi connectivity index (χ3n) is 4.05. The maximum Gasteiger partial charge on any atom is 0.343 e. The molecule has 0 unspecified atom stereocenters. The predicted octanol–water partition coefficient (Wildman–Crippen LogP) is 5.25. The van der Waals surface area contributed by atoms with Crippen LogP contribution < -0.4 is 9.47 Å². The smallest absolute Gasteiger partial charge is 0.343 e. The molecule has 4 nitrogen and oxygen atoms in total. The second kappa shape index (κ2) is 8.32. The summed E-state index contributed by atoms with van der Waals surface area (Å²) in [5.41, 5.74) is 1.64. The zero-order valence-corrected chi connectivity index (χ0v) is 15.2. The van der Waals surface area contributed by atoms with Crippen molar-refractivity contribution in [1.29, 1.82) is 0 Å². The molecule has 3 aromatic rings. The number of rotatable bonds is 5. The quantitative estimate of drug-likeness (QED) is 0.461. The first-order valence-electron chi connectivity index (χ1n) is 8.73. The maximum absolute atomic E-state index is 12.5. The van der Waals surface area contributed by atoms with Gasteiger partial charge in [-0.25, -0.2) is 9.59 Å². The summed E-state index contributed by atoms with van der Waals surface area (Å²) in [6.45, 7) is 3.97. The monoisotopic (exact) mass is 360 g/mol. The lowest BCUT2D eigenvalue weighted by molar-refractivity contribution is 0.0680. The molecule has 136 valence electrons. The number of ether oxygens (including phenoxy) is 2. The molecule has 0 atom stereocenters. The van der Waals surface area contributed by atoms with E-state index >= 15 is 0 Å². The fraction of sp³-hybridized carbons (Fsp3) is 0.130. The molecule has 4 heteroatoms. The van der Waals surface area contributed by atoms with Crippen LogP contribution in [-0.2, 0) is 0 Å². The summed E-state index contributed by atoms with van der Waals surface area (Å²) in [7, 11) is 0. The molecule has 3 rings (SSSR count). The molecule has 0 N–H and O–H groups in total. The van der Waals surface area contributed by atoms with Crippen molar-refractivity contribution in [2.24, 2.45) is 0 Å². The molecule has 0 heterocycles. The molecular weight excluding hydrogens is 340 g/mol. The summed E-state index contributed by atoms with van der Waals surface area (Å²) in [4.78, 5) is 25.0. The molecule has 27 heavy (non-hydrogen) atoms. The number of hydrogen-bond donors (Lipinski definition) is 0. The first-order valence-corrected chi connectivity index (χ1v) is 8.73. The number of carbonyl (C=O) groups is 2. The van der Waals surface area contributed by atoms with Gasteiger partial charge in [-0.1, -0.05) is 62.4 Å². The van der Waals surface area contributed by atoms with E-state index in [0.29, 0.717) is 11.1 Å². The van der Waals surface area contributed by atoms with Crippen LogP contribution in [0.3, 0.4) is 0 Å². The fourth-order valence-electron chi connectivity index (χ4n) is 2.64. The minimum Gasteiger partial charge on any atom is -0.419 e. The maximum atomic E-state index is 12.5. The summed E-state index contributed by atoms with van der Waals surface area (Å²) in [5.74, 6) is -0.432. The van der Waals surface area contributed by atoms with Crippen LogP contribution >= 0.6 is 0 Å². The van der Waals surface area contributed by atoms with Gasteiger partial charge in [0.2, 0.25) is 0 Å². The van der Waals surface area contributed by atoms with Gasteiger partial charge >= 0.3 is 11.9 Å². The third-order valence-corrected chi connectivity index (χ3v) is 4.05. The van der Waals surface area contributed by atoms with Crippen LogP contribution in [0.2, 0.25) is 0 Å². The van der Waals surface area contributed by atoms with Gasteiger partial charge in [-0.05, 0) is 36.2 Å². The molecule has 0 bridgehead atoms. The van der Waals surface area contributed by atoms with Gasteiger partial charge in [-0.3, -0.25) is 0 Å². The highest BCUT2D eigenvalue weighted by molar-refractivity contribution is 5.93. The van der Waals surface area contributed by atoms with Crippen LogP contribution in [0.4, 0.5) is 0 Å². The standard InChI is InChI=1S/C23H20O4/c1-16(2)19-14-9-15-20(26-22(24)17-10-5-3-6-11-17)21(19)27-23(25)18-12-7-4-8-13-18/h3-16H,1-2H3. The highest BCUT2D eigenvalue weighted by Crippen LogP contribution is 2.36. The highest BCUT2D eigenvalue weighted by Gasteiger charge is 2.20. The van der Waals surface area contributed by atoms with Crippen LogP contribution in [0.1, 0.15) is 46.0 Å². The average Bonchev–Trinajstić information content (AvgIpc) is 2.70. The summed E-state index contributed by atoms with van der Waals surface area (Å²) >= 11 is 0.